The molecule has 5 nitrogen and oxygen atoms in total. The van der Waals surface area contributed by atoms with Crippen LogP contribution in [0.3, 0.4) is 0 Å². The van der Waals surface area contributed by atoms with Crippen LogP contribution in [0, 0.1) is 0 Å². The number of benzene rings is 1. The van der Waals surface area contributed by atoms with Crippen molar-refractivity contribution in [2.75, 3.05) is 39.9 Å². The average Bonchev–Trinajstić information content (AvgIpc) is 3.20. The molecule has 142 valence electrons. The molecule has 2 aromatic rings. The Hall–Kier alpha value is -1.16. The normalized spacial score (nSPS) is 16.6. The van der Waals surface area contributed by atoms with Crippen LogP contribution in [0.15, 0.2) is 52.2 Å². The van der Waals surface area contributed by atoms with Gasteiger partial charge >= 0.3 is 0 Å². The summed E-state index contributed by atoms with van der Waals surface area (Å²) in [5.74, 6) is 0.834. The smallest absolute Gasteiger partial charge is 0.191 e. The number of hydrogen-bond acceptors (Lipinski definition) is 4. The standard InChI is InChI=1S/C19H26N4OS.HI/c1-20-19(21-13-16-7-12-25-15-16)22-14-18(17-5-3-2-4-6-17)23-8-10-24-11-9-23;/h2-7,12,15,18H,8-11,13-14H2,1H3,(H2,20,21,22);1H. The van der Waals surface area contributed by atoms with Gasteiger partial charge in [-0.2, -0.15) is 11.3 Å². The summed E-state index contributed by atoms with van der Waals surface area (Å²) in [6, 6.07) is 13.1. The Morgan fingerprint density at radius 2 is 1.96 bits per heavy atom. The summed E-state index contributed by atoms with van der Waals surface area (Å²) >= 11 is 1.71. The number of morpholine rings is 1. The molecule has 1 atom stereocenters. The fraction of sp³-hybridized carbons (Fsp3) is 0.421. The monoisotopic (exact) mass is 486 g/mol. The lowest BCUT2D eigenvalue weighted by Gasteiger charge is -2.35. The Balaban J connectivity index is 0.00000243. The molecule has 0 bridgehead atoms. The van der Waals surface area contributed by atoms with Crippen molar-refractivity contribution in [2.24, 2.45) is 4.99 Å². The summed E-state index contributed by atoms with van der Waals surface area (Å²) < 4.78 is 5.52. The Bertz CT molecular complexity index is 645. The second-order valence-electron chi connectivity index (χ2n) is 6.01. The molecule has 0 aliphatic carbocycles. The molecule has 0 saturated carbocycles. The number of nitrogens with zero attached hydrogens (tertiary/aromatic N) is 2. The van der Waals surface area contributed by atoms with Gasteiger partial charge in [0, 0.05) is 33.2 Å². The molecule has 1 aromatic heterocycles. The Morgan fingerprint density at radius 3 is 2.62 bits per heavy atom. The van der Waals surface area contributed by atoms with E-state index in [4.69, 9.17) is 4.74 Å². The minimum atomic E-state index is 0. The number of ether oxygens (including phenoxy) is 1. The van der Waals surface area contributed by atoms with Crippen LogP contribution in [0.1, 0.15) is 17.2 Å². The van der Waals surface area contributed by atoms with Gasteiger partial charge in [-0.05, 0) is 28.0 Å². The minimum absolute atomic E-state index is 0. The van der Waals surface area contributed by atoms with Gasteiger partial charge in [0.2, 0.25) is 0 Å². The van der Waals surface area contributed by atoms with Crippen molar-refractivity contribution in [3.05, 3.63) is 58.3 Å². The second kappa shape index (κ2) is 11.5. The molecule has 1 aliphatic heterocycles. The topological polar surface area (TPSA) is 48.9 Å². The first-order valence-corrected chi connectivity index (χ1v) is 9.63. The zero-order chi connectivity index (χ0) is 17.3. The van der Waals surface area contributed by atoms with Crippen LogP contribution in [0.4, 0.5) is 0 Å². The van der Waals surface area contributed by atoms with E-state index in [1.165, 1.54) is 11.1 Å². The van der Waals surface area contributed by atoms with Crippen LogP contribution in [0.2, 0.25) is 0 Å². The molecule has 7 heteroatoms. The first kappa shape index (κ1) is 21.1. The fourth-order valence-electron chi connectivity index (χ4n) is 3.02. The van der Waals surface area contributed by atoms with Crippen molar-refractivity contribution in [1.82, 2.24) is 15.5 Å². The molecule has 2 N–H and O–H groups in total. The zero-order valence-electron chi connectivity index (χ0n) is 15.1. The van der Waals surface area contributed by atoms with Crippen LogP contribution in [0.25, 0.3) is 0 Å². The first-order valence-electron chi connectivity index (χ1n) is 8.69. The predicted octanol–water partition coefficient (Wildman–Crippen LogP) is 3.10. The highest BCUT2D eigenvalue weighted by atomic mass is 127. The molecule has 0 amide bonds. The number of rotatable bonds is 6. The Kier molecular flexibility index (Phi) is 9.38. The van der Waals surface area contributed by atoms with E-state index >= 15 is 0 Å². The Morgan fingerprint density at radius 1 is 1.19 bits per heavy atom. The van der Waals surface area contributed by atoms with E-state index in [-0.39, 0.29) is 24.0 Å². The molecular formula is C19H27IN4OS. The maximum absolute atomic E-state index is 5.52. The number of halogens is 1. The van der Waals surface area contributed by atoms with E-state index in [0.29, 0.717) is 6.04 Å². The molecule has 3 rings (SSSR count). The molecule has 1 aliphatic rings. The summed E-state index contributed by atoms with van der Waals surface area (Å²) in [7, 11) is 1.81. The summed E-state index contributed by atoms with van der Waals surface area (Å²) in [5.41, 5.74) is 2.60. The lowest BCUT2D eigenvalue weighted by molar-refractivity contribution is 0.0170. The number of thiophene rings is 1. The molecule has 2 heterocycles. The van der Waals surface area contributed by atoms with Gasteiger partial charge in [-0.1, -0.05) is 30.3 Å². The fourth-order valence-corrected chi connectivity index (χ4v) is 3.68. The van der Waals surface area contributed by atoms with Gasteiger partial charge < -0.3 is 15.4 Å². The molecule has 1 fully saturated rings. The van der Waals surface area contributed by atoms with E-state index in [0.717, 1.165) is 45.4 Å². The van der Waals surface area contributed by atoms with Gasteiger partial charge in [0.25, 0.3) is 0 Å². The average molecular weight is 486 g/mol. The highest BCUT2D eigenvalue weighted by Gasteiger charge is 2.22. The zero-order valence-corrected chi connectivity index (χ0v) is 18.2. The van der Waals surface area contributed by atoms with Crippen LogP contribution in [0.5, 0.6) is 0 Å². The van der Waals surface area contributed by atoms with Gasteiger partial charge in [-0.25, -0.2) is 0 Å². The summed E-state index contributed by atoms with van der Waals surface area (Å²) in [6.45, 7) is 5.12. The molecule has 1 saturated heterocycles. The first-order chi connectivity index (χ1) is 12.4. The van der Waals surface area contributed by atoms with E-state index < -0.39 is 0 Å². The van der Waals surface area contributed by atoms with E-state index in [1.54, 1.807) is 11.3 Å². The molecule has 1 aromatic carbocycles. The van der Waals surface area contributed by atoms with E-state index in [1.807, 2.05) is 7.05 Å². The van der Waals surface area contributed by atoms with Crippen LogP contribution < -0.4 is 10.6 Å². The SMILES string of the molecule is CN=C(NCc1ccsc1)NCC(c1ccccc1)N1CCOCC1.I. The van der Waals surface area contributed by atoms with Gasteiger partial charge in [0.15, 0.2) is 5.96 Å². The number of nitrogens with one attached hydrogen (secondary N) is 2. The maximum Gasteiger partial charge on any atom is 0.191 e. The van der Waals surface area contributed by atoms with Crippen molar-refractivity contribution in [1.29, 1.82) is 0 Å². The third-order valence-electron chi connectivity index (χ3n) is 4.40. The van der Waals surface area contributed by atoms with Gasteiger partial charge in [-0.15, -0.1) is 24.0 Å². The number of hydrogen-bond donors (Lipinski definition) is 2. The molecule has 1 unspecified atom stereocenters. The quantitative estimate of drug-likeness (QED) is 0.375. The van der Waals surface area contributed by atoms with Crippen molar-refractivity contribution in [3.63, 3.8) is 0 Å². The number of guanidine groups is 1. The van der Waals surface area contributed by atoms with E-state index in [2.05, 4.69) is 67.7 Å². The van der Waals surface area contributed by atoms with Crippen molar-refractivity contribution >= 4 is 41.3 Å². The third-order valence-corrected chi connectivity index (χ3v) is 5.13. The van der Waals surface area contributed by atoms with Gasteiger partial charge in [0.1, 0.15) is 0 Å². The highest BCUT2D eigenvalue weighted by Crippen LogP contribution is 2.21. The number of aliphatic imine (C=N–C) groups is 1. The summed E-state index contributed by atoms with van der Waals surface area (Å²) in [4.78, 5) is 6.84. The van der Waals surface area contributed by atoms with E-state index in [9.17, 15) is 0 Å². The molecule has 0 spiro atoms. The highest BCUT2D eigenvalue weighted by molar-refractivity contribution is 14.0. The lowest BCUT2D eigenvalue weighted by Crippen LogP contribution is -2.46. The van der Waals surface area contributed by atoms with Crippen LogP contribution in [-0.4, -0.2) is 50.8 Å². The molecular weight excluding hydrogens is 459 g/mol. The largest absolute Gasteiger partial charge is 0.379 e. The minimum Gasteiger partial charge on any atom is -0.379 e. The molecule has 0 radical (unpaired) electrons. The van der Waals surface area contributed by atoms with Crippen LogP contribution in [-0.2, 0) is 11.3 Å². The van der Waals surface area contributed by atoms with Gasteiger partial charge in [0.05, 0.1) is 19.3 Å². The lowest BCUT2D eigenvalue weighted by atomic mass is 10.0. The Labute approximate surface area is 176 Å². The predicted molar refractivity (Wildman–Crippen MR) is 120 cm³/mol. The third kappa shape index (κ3) is 6.22. The van der Waals surface area contributed by atoms with Crippen molar-refractivity contribution < 1.29 is 4.74 Å². The molecule has 26 heavy (non-hydrogen) atoms. The van der Waals surface area contributed by atoms with Crippen molar-refractivity contribution in [2.45, 2.75) is 12.6 Å². The summed E-state index contributed by atoms with van der Waals surface area (Å²) in [5, 5.41) is 11.1. The summed E-state index contributed by atoms with van der Waals surface area (Å²) in [6.07, 6.45) is 0. The van der Waals surface area contributed by atoms with Crippen molar-refractivity contribution in [3.8, 4) is 0 Å². The second-order valence-corrected chi connectivity index (χ2v) is 6.79. The maximum atomic E-state index is 5.52. The van der Waals surface area contributed by atoms with Crippen LogP contribution >= 0.6 is 35.3 Å². The van der Waals surface area contributed by atoms with Gasteiger partial charge in [-0.3, -0.25) is 9.89 Å².